The van der Waals surface area contributed by atoms with E-state index in [0.29, 0.717) is 12.3 Å². The summed E-state index contributed by atoms with van der Waals surface area (Å²) in [6.07, 6.45) is 4.36. The normalized spacial score (nSPS) is 17.1. The molecule has 2 aromatic carbocycles. The standard InChI is InChI=1S/C19H20N4O5S2/c24-29(25,14-17-2-1-13-28-17)18-7-3-15(4-8-18)22-30(26,27)19-9-5-16(6-10-19)23-20-11-12-21-23/h3-12,17,22H,1-2,13-14H2. The van der Waals surface area contributed by atoms with Gasteiger partial charge in [-0.05, 0) is 61.4 Å². The Bertz CT molecular complexity index is 1200. The number of hydrogen-bond acceptors (Lipinski definition) is 7. The molecule has 1 aromatic heterocycles. The van der Waals surface area contributed by atoms with Crippen LogP contribution in [0.25, 0.3) is 5.69 Å². The third kappa shape index (κ3) is 4.53. The molecule has 0 saturated carbocycles. The first-order valence-corrected chi connectivity index (χ1v) is 12.4. The topological polar surface area (TPSA) is 120 Å². The van der Waals surface area contributed by atoms with E-state index in [4.69, 9.17) is 4.74 Å². The van der Waals surface area contributed by atoms with Crippen molar-refractivity contribution < 1.29 is 21.6 Å². The van der Waals surface area contributed by atoms with Gasteiger partial charge in [0.05, 0.1) is 39.7 Å². The molecule has 0 bridgehead atoms. The highest BCUT2D eigenvalue weighted by Crippen LogP contribution is 2.22. The molecule has 1 aliphatic rings. The number of nitrogens with zero attached hydrogens (tertiary/aromatic N) is 3. The first-order chi connectivity index (χ1) is 14.3. The van der Waals surface area contributed by atoms with Gasteiger partial charge in [0.2, 0.25) is 0 Å². The van der Waals surface area contributed by atoms with Crippen molar-refractivity contribution in [2.45, 2.75) is 28.7 Å². The van der Waals surface area contributed by atoms with Crippen LogP contribution in [-0.2, 0) is 24.6 Å². The van der Waals surface area contributed by atoms with Crippen LogP contribution in [0.2, 0.25) is 0 Å². The number of sulfonamides is 1. The second kappa shape index (κ2) is 8.17. The number of benzene rings is 2. The maximum atomic E-state index is 12.6. The predicted molar refractivity (Wildman–Crippen MR) is 110 cm³/mol. The van der Waals surface area contributed by atoms with Gasteiger partial charge in [-0.1, -0.05) is 0 Å². The zero-order valence-electron chi connectivity index (χ0n) is 15.9. The van der Waals surface area contributed by atoms with Gasteiger partial charge in [-0.25, -0.2) is 16.8 Å². The third-order valence-corrected chi connectivity index (χ3v) is 7.89. The maximum absolute atomic E-state index is 12.6. The summed E-state index contributed by atoms with van der Waals surface area (Å²) >= 11 is 0. The number of hydrogen-bond donors (Lipinski definition) is 1. The van der Waals surface area contributed by atoms with Crippen molar-refractivity contribution in [1.82, 2.24) is 15.0 Å². The lowest BCUT2D eigenvalue weighted by Gasteiger charge is -2.12. The third-order valence-electron chi connectivity index (χ3n) is 4.69. The van der Waals surface area contributed by atoms with Crippen LogP contribution in [0, 0.1) is 0 Å². The zero-order chi connectivity index (χ0) is 21.2. The minimum Gasteiger partial charge on any atom is -0.377 e. The van der Waals surface area contributed by atoms with Gasteiger partial charge in [0.1, 0.15) is 0 Å². The summed E-state index contributed by atoms with van der Waals surface area (Å²) in [6.45, 7) is 0.584. The minimum absolute atomic E-state index is 0.0634. The molecule has 3 aromatic rings. The van der Waals surface area contributed by atoms with Crippen LogP contribution in [-0.4, -0.2) is 50.3 Å². The van der Waals surface area contributed by atoms with Crippen LogP contribution < -0.4 is 4.72 Å². The lowest BCUT2D eigenvalue weighted by Crippen LogP contribution is -2.20. The lowest BCUT2D eigenvalue weighted by molar-refractivity contribution is 0.127. The van der Waals surface area contributed by atoms with Crippen LogP contribution in [0.4, 0.5) is 5.69 Å². The molecule has 1 atom stereocenters. The number of sulfone groups is 1. The Kier molecular flexibility index (Phi) is 5.58. The van der Waals surface area contributed by atoms with Gasteiger partial charge in [0.25, 0.3) is 10.0 Å². The Morgan fingerprint density at radius 1 is 0.933 bits per heavy atom. The first kappa shape index (κ1) is 20.5. The lowest BCUT2D eigenvalue weighted by atomic mass is 10.3. The number of ether oxygens (including phenoxy) is 1. The summed E-state index contributed by atoms with van der Waals surface area (Å²) in [4.78, 5) is 1.57. The monoisotopic (exact) mass is 448 g/mol. The molecule has 9 nitrogen and oxygen atoms in total. The van der Waals surface area contributed by atoms with Crippen molar-refractivity contribution in [1.29, 1.82) is 0 Å². The van der Waals surface area contributed by atoms with Crippen LogP contribution in [0.3, 0.4) is 0 Å². The fourth-order valence-electron chi connectivity index (χ4n) is 3.17. The average molecular weight is 449 g/mol. The van der Waals surface area contributed by atoms with Gasteiger partial charge >= 0.3 is 0 Å². The molecular formula is C19H20N4O5S2. The van der Waals surface area contributed by atoms with E-state index in [1.165, 1.54) is 53.6 Å². The highest BCUT2D eigenvalue weighted by molar-refractivity contribution is 7.92. The van der Waals surface area contributed by atoms with Crippen molar-refractivity contribution >= 4 is 25.5 Å². The molecular weight excluding hydrogens is 428 g/mol. The zero-order valence-corrected chi connectivity index (χ0v) is 17.5. The molecule has 0 amide bonds. The number of nitrogens with one attached hydrogen (secondary N) is 1. The molecule has 0 spiro atoms. The van der Waals surface area contributed by atoms with E-state index in [0.717, 1.165) is 12.8 Å². The van der Waals surface area contributed by atoms with Crippen LogP contribution in [0.15, 0.2) is 70.7 Å². The van der Waals surface area contributed by atoms with Crippen molar-refractivity contribution in [2.24, 2.45) is 0 Å². The van der Waals surface area contributed by atoms with E-state index in [-0.39, 0.29) is 27.3 Å². The quantitative estimate of drug-likeness (QED) is 0.587. The van der Waals surface area contributed by atoms with Crippen molar-refractivity contribution in [3.8, 4) is 5.69 Å². The smallest absolute Gasteiger partial charge is 0.261 e. The summed E-state index contributed by atoms with van der Waals surface area (Å²) in [5.74, 6) is -0.0739. The number of anilines is 1. The summed E-state index contributed by atoms with van der Waals surface area (Å²) in [5.41, 5.74) is 0.892. The fraction of sp³-hybridized carbons (Fsp3) is 0.263. The van der Waals surface area contributed by atoms with E-state index < -0.39 is 19.9 Å². The van der Waals surface area contributed by atoms with Crippen LogP contribution in [0.1, 0.15) is 12.8 Å². The molecule has 1 saturated heterocycles. The van der Waals surface area contributed by atoms with E-state index >= 15 is 0 Å². The highest BCUT2D eigenvalue weighted by Gasteiger charge is 2.25. The average Bonchev–Trinajstić information content (AvgIpc) is 3.42. The fourth-order valence-corrected chi connectivity index (χ4v) is 5.72. The summed E-state index contributed by atoms with van der Waals surface area (Å²) in [5, 5.41) is 7.98. The molecule has 0 aliphatic carbocycles. The molecule has 1 fully saturated rings. The van der Waals surface area contributed by atoms with Crippen LogP contribution >= 0.6 is 0 Å². The van der Waals surface area contributed by atoms with Gasteiger partial charge in [0, 0.05) is 12.3 Å². The Morgan fingerprint density at radius 3 is 2.17 bits per heavy atom. The van der Waals surface area contributed by atoms with Crippen molar-refractivity contribution in [3.63, 3.8) is 0 Å². The van der Waals surface area contributed by atoms with Gasteiger partial charge < -0.3 is 4.74 Å². The maximum Gasteiger partial charge on any atom is 0.261 e. The largest absolute Gasteiger partial charge is 0.377 e. The van der Waals surface area contributed by atoms with E-state index in [9.17, 15) is 16.8 Å². The van der Waals surface area contributed by atoms with Crippen molar-refractivity contribution in [3.05, 3.63) is 60.9 Å². The van der Waals surface area contributed by atoms with E-state index in [1.54, 1.807) is 12.1 Å². The second-order valence-electron chi connectivity index (χ2n) is 6.86. The van der Waals surface area contributed by atoms with Crippen molar-refractivity contribution in [2.75, 3.05) is 17.1 Å². The second-order valence-corrected chi connectivity index (χ2v) is 10.6. The summed E-state index contributed by atoms with van der Waals surface area (Å²) in [7, 11) is -7.33. The Balaban J connectivity index is 1.47. The molecule has 4 rings (SSSR count). The van der Waals surface area contributed by atoms with Gasteiger partial charge in [-0.2, -0.15) is 15.0 Å². The van der Waals surface area contributed by atoms with E-state index in [1.807, 2.05) is 0 Å². The highest BCUT2D eigenvalue weighted by atomic mass is 32.2. The minimum atomic E-state index is -3.84. The number of aromatic nitrogens is 3. The number of rotatable bonds is 7. The van der Waals surface area contributed by atoms with Crippen LogP contribution in [0.5, 0.6) is 0 Å². The Labute approximate surface area is 174 Å². The summed E-state index contributed by atoms with van der Waals surface area (Å²) in [6, 6.07) is 11.7. The molecule has 1 aliphatic heterocycles. The summed E-state index contributed by atoms with van der Waals surface area (Å²) < 4.78 is 58.1. The molecule has 30 heavy (non-hydrogen) atoms. The predicted octanol–water partition coefficient (Wildman–Crippen LogP) is 2.02. The van der Waals surface area contributed by atoms with Gasteiger partial charge in [-0.3, -0.25) is 4.72 Å². The Morgan fingerprint density at radius 2 is 1.57 bits per heavy atom. The molecule has 11 heteroatoms. The molecule has 1 unspecified atom stereocenters. The van der Waals surface area contributed by atoms with Gasteiger partial charge in [0.15, 0.2) is 9.84 Å². The molecule has 2 heterocycles. The Hall–Kier alpha value is -2.76. The molecule has 1 N–H and O–H groups in total. The molecule has 158 valence electrons. The van der Waals surface area contributed by atoms with Gasteiger partial charge in [-0.15, -0.1) is 0 Å². The first-order valence-electron chi connectivity index (χ1n) is 9.27. The SMILES string of the molecule is O=S(=O)(CC1CCCO1)c1ccc(NS(=O)(=O)c2ccc(-n3nccn3)cc2)cc1. The van der Waals surface area contributed by atoms with E-state index in [2.05, 4.69) is 14.9 Å². The molecule has 0 radical (unpaired) electrons.